The Bertz CT molecular complexity index is 581. The van der Waals surface area contributed by atoms with E-state index in [1.54, 1.807) is 12.1 Å². The van der Waals surface area contributed by atoms with Crippen molar-refractivity contribution in [2.24, 2.45) is 0 Å². The van der Waals surface area contributed by atoms with Gasteiger partial charge in [0.15, 0.2) is 0 Å². The lowest BCUT2D eigenvalue weighted by molar-refractivity contribution is 0.0697. The highest BCUT2D eigenvalue weighted by atomic mass is 16.4. The number of aryl methyl sites for hydroxylation is 1. The van der Waals surface area contributed by atoms with Crippen molar-refractivity contribution < 1.29 is 9.90 Å². The molecule has 1 aromatic carbocycles. The lowest BCUT2D eigenvalue weighted by Gasteiger charge is -1.96. The Balaban J connectivity index is 2.30. The molecule has 0 saturated carbocycles. The fourth-order valence-electron chi connectivity index (χ4n) is 1.81. The van der Waals surface area contributed by atoms with Gasteiger partial charge >= 0.3 is 5.97 Å². The Morgan fingerprint density at radius 1 is 1.41 bits per heavy atom. The molecule has 2 rings (SSSR count). The Kier molecular flexibility index (Phi) is 3.00. The molecule has 0 amide bonds. The number of rotatable bonds is 4. The third kappa shape index (κ3) is 2.56. The lowest BCUT2D eigenvalue weighted by Crippen LogP contribution is -1.94. The van der Waals surface area contributed by atoms with Crippen molar-refractivity contribution in [3.8, 4) is 0 Å². The van der Waals surface area contributed by atoms with Crippen LogP contribution in [0, 0.1) is 0 Å². The maximum absolute atomic E-state index is 10.8. The number of hydrogen-bond acceptors (Lipinski definition) is 1. The third-order valence-electron chi connectivity index (χ3n) is 2.74. The minimum atomic E-state index is -0.892. The van der Waals surface area contributed by atoms with Crippen molar-refractivity contribution in [1.29, 1.82) is 0 Å². The lowest BCUT2D eigenvalue weighted by atomic mass is 10.1. The Hall–Kier alpha value is -2.03. The van der Waals surface area contributed by atoms with Crippen LogP contribution in [-0.4, -0.2) is 16.1 Å². The van der Waals surface area contributed by atoms with Crippen molar-refractivity contribution in [2.45, 2.75) is 19.8 Å². The van der Waals surface area contributed by atoms with Gasteiger partial charge in [-0.2, -0.15) is 0 Å². The molecular formula is C14H15NO2. The van der Waals surface area contributed by atoms with Crippen molar-refractivity contribution in [3.05, 3.63) is 47.7 Å². The summed E-state index contributed by atoms with van der Waals surface area (Å²) in [7, 11) is 0. The molecule has 0 spiro atoms. The quantitative estimate of drug-likeness (QED) is 0.790. The van der Waals surface area contributed by atoms with E-state index in [0.29, 0.717) is 5.56 Å². The van der Waals surface area contributed by atoms with Crippen LogP contribution < -0.4 is 0 Å². The highest BCUT2D eigenvalue weighted by Gasteiger charge is 2.06. The Labute approximate surface area is 99.8 Å². The topological polar surface area (TPSA) is 53.1 Å². The number of aromatic nitrogens is 1. The van der Waals surface area contributed by atoms with Crippen LogP contribution in [0.4, 0.5) is 0 Å². The Morgan fingerprint density at radius 3 is 2.82 bits per heavy atom. The number of aromatic carboxylic acids is 1. The molecule has 0 radical (unpaired) electrons. The number of carboxylic acids is 1. The number of hydrogen-bond donors (Lipinski definition) is 2. The highest BCUT2D eigenvalue weighted by molar-refractivity contribution is 5.93. The first-order chi connectivity index (χ1) is 8.06. The van der Waals surface area contributed by atoms with Gasteiger partial charge in [0.25, 0.3) is 0 Å². The van der Waals surface area contributed by atoms with Crippen LogP contribution in [0.1, 0.15) is 29.4 Å². The summed E-state index contributed by atoms with van der Waals surface area (Å²) in [5.74, 6) is -0.892. The van der Waals surface area contributed by atoms with E-state index in [-0.39, 0.29) is 0 Å². The van der Waals surface area contributed by atoms with Crippen molar-refractivity contribution in [3.63, 3.8) is 0 Å². The van der Waals surface area contributed by atoms with Gasteiger partial charge in [-0.1, -0.05) is 5.57 Å². The number of carboxylic acid groups (broad SMARTS) is 1. The van der Waals surface area contributed by atoms with Gasteiger partial charge in [0.2, 0.25) is 0 Å². The summed E-state index contributed by atoms with van der Waals surface area (Å²) in [6.07, 6.45) is 1.85. The second-order valence-corrected chi connectivity index (χ2v) is 4.36. The van der Waals surface area contributed by atoms with Crippen LogP contribution in [0.25, 0.3) is 10.9 Å². The van der Waals surface area contributed by atoms with E-state index >= 15 is 0 Å². The molecule has 0 bridgehead atoms. The van der Waals surface area contributed by atoms with Gasteiger partial charge in [0.05, 0.1) is 5.56 Å². The normalized spacial score (nSPS) is 10.6. The number of carbonyl (C=O) groups is 1. The standard InChI is InChI=1S/C14H15NO2/c1-9(2)3-5-12-8-11-7-10(14(16)17)4-6-13(11)15-12/h4,6-8,15H,1,3,5H2,2H3,(H,16,17). The molecular weight excluding hydrogens is 214 g/mol. The van der Waals surface area contributed by atoms with Crippen LogP contribution in [0.3, 0.4) is 0 Å². The number of benzene rings is 1. The van der Waals surface area contributed by atoms with E-state index in [4.69, 9.17) is 5.11 Å². The van der Waals surface area contributed by atoms with Gasteiger partial charge in [-0.25, -0.2) is 4.79 Å². The van der Waals surface area contributed by atoms with Crippen LogP contribution >= 0.6 is 0 Å². The smallest absolute Gasteiger partial charge is 0.335 e. The summed E-state index contributed by atoms with van der Waals surface area (Å²) in [5, 5.41) is 9.85. The van der Waals surface area contributed by atoms with E-state index in [1.165, 1.54) is 0 Å². The number of H-pyrrole nitrogens is 1. The van der Waals surface area contributed by atoms with Crippen LogP contribution in [0.5, 0.6) is 0 Å². The molecule has 0 aliphatic heterocycles. The fourth-order valence-corrected chi connectivity index (χ4v) is 1.81. The summed E-state index contributed by atoms with van der Waals surface area (Å²) >= 11 is 0. The van der Waals surface area contributed by atoms with Gasteiger partial charge in [0.1, 0.15) is 0 Å². The molecule has 0 atom stereocenters. The molecule has 3 heteroatoms. The molecule has 17 heavy (non-hydrogen) atoms. The van der Waals surface area contributed by atoms with E-state index in [2.05, 4.69) is 11.6 Å². The zero-order valence-electron chi connectivity index (χ0n) is 9.79. The zero-order chi connectivity index (χ0) is 12.4. The minimum absolute atomic E-state index is 0.322. The zero-order valence-corrected chi connectivity index (χ0v) is 9.79. The molecule has 0 aliphatic rings. The van der Waals surface area contributed by atoms with Gasteiger partial charge < -0.3 is 10.1 Å². The van der Waals surface area contributed by atoms with E-state index < -0.39 is 5.97 Å². The molecule has 2 aromatic rings. The summed E-state index contributed by atoms with van der Waals surface area (Å²) < 4.78 is 0. The number of allylic oxidation sites excluding steroid dienone is 1. The van der Waals surface area contributed by atoms with Gasteiger partial charge in [-0.15, -0.1) is 6.58 Å². The number of aromatic amines is 1. The molecule has 0 unspecified atom stereocenters. The van der Waals surface area contributed by atoms with E-state index in [0.717, 1.165) is 35.0 Å². The van der Waals surface area contributed by atoms with Crippen LogP contribution in [0.15, 0.2) is 36.4 Å². The highest BCUT2D eigenvalue weighted by Crippen LogP contribution is 2.19. The average molecular weight is 229 g/mol. The van der Waals surface area contributed by atoms with Gasteiger partial charge in [-0.05, 0) is 44.0 Å². The second kappa shape index (κ2) is 4.45. The molecule has 3 nitrogen and oxygen atoms in total. The molecule has 2 N–H and O–H groups in total. The number of nitrogens with one attached hydrogen (secondary N) is 1. The molecule has 1 heterocycles. The first-order valence-corrected chi connectivity index (χ1v) is 5.55. The number of fused-ring (bicyclic) bond motifs is 1. The first-order valence-electron chi connectivity index (χ1n) is 5.55. The molecule has 0 aliphatic carbocycles. The minimum Gasteiger partial charge on any atom is -0.478 e. The predicted molar refractivity (Wildman–Crippen MR) is 68.4 cm³/mol. The second-order valence-electron chi connectivity index (χ2n) is 4.36. The first kappa shape index (κ1) is 11.5. The van der Waals surface area contributed by atoms with E-state index in [9.17, 15) is 4.79 Å². The van der Waals surface area contributed by atoms with Gasteiger partial charge in [0, 0.05) is 16.6 Å². The largest absolute Gasteiger partial charge is 0.478 e. The van der Waals surface area contributed by atoms with Crippen LogP contribution in [-0.2, 0) is 6.42 Å². The third-order valence-corrected chi connectivity index (χ3v) is 2.74. The monoisotopic (exact) mass is 229 g/mol. The maximum atomic E-state index is 10.8. The van der Waals surface area contributed by atoms with Crippen molar-refractivity contribution in [1.82, 2.24) is 4.98 Å². The molecule has 0 fully saturated rings. The summed E-state index contributed by atoms with van der Waals surface area (Å²) in [4.78, 5) is 14.1. The maximum Gasteiger partial charge on any atom is 0.335 e. The van der Waals surface area contributed by atoms with Gasteiger partial charge in [-0.3, -0.25) is 0 Å². The van der Waals surface area contributed by atoms with Crippen LogP contribution in [0.2, 0.25) is 0 Å². The molecule has 0 saturated heterocycles. The van der Waals surface area contributed by atoms with E-state index in [1.807, 2.05) is 19.1 Å². The average Bonchev–Trinajstić information content (AvgIpc) is 2.67. The summed E-state index contributed by atoms with van der Waals surface area (Å²) in [6, 6.07) is 7.12. The summed E-state index contributed by atoms with van der Waals surface area (Å²) in [6.45, 7) is 5.87. The Morgan fingerprint density at radius 2 is 2.18 bits per heavy atom. The predicted octanol–water partition coefficient (Wildman–Crippen LogP) is 3.37. The summed E-state index contributed by atoms with van der Waals surface area (Å²) in [5.41, 5.74) is 3.56. The molecule has 88 valence electrons. The molecule has 1 aromatic heterocycles. The SMILES string of the molecule is C=C(C)CCc1cc2cc(C(=O)O)ccc2[nH]1. The van der Waals surface area contributed by atoms with Crippen molar-refractivity contribution >= 4 is 16.9 Å². The van der Waals surface area contributed by atoms with Crippen molar-refractivity contribution in [2.75, 3.05) is 0 Å². The fraction of sp³-hybridized carbons (Fsp3) is 0.214.